The normalized spacial score (nSPS) is 9.54. The van der Waals surface area contributed by atoms with Crippen LogP contribution in [0.3, 0.4) is 0 Å². The summed E-state index contributed by atoms with van der Waals surface area (Å²) in [4.78, 5) is 0. The lowest BCUT2D eigenvalue weighted by molar-refractivity contribution is 0.282. The first-order valence-corrected chi connectivity index (χ1v) is 7.63. The van der Waals surface area contributed by atoms with Crippen LogP contribution in [0.25, 0.3) is 6.08 Å². The summed E-state index contributed by atoms with van der Waals surface area (Å²) in [6, 6.07) is 13.1. The quantitative estimate of drug-likeness (QED) is 0.703. The van der Waals surface area contributed by atoms with Crippen LogP contribution >= 0.6 is 15.9 Å². The molecule has 0 unspecified atom stereocenters. The van der Waals surface area contributed by atoms with Gasteiger partial charge in [-0.2, -0.15) is 10.5 Å². The molecule has 0 radical (unpaired) electrons. The molecule has 120 valence electrons. The predicted octanol–water partition coefficient (Wildman–Crippen LogP) is 4.61. The number of allylic oxidation sites excluding steroid dienone is 1. The molecule has 0 atom stereocenters. The highest BCUT2D eigenvalue weighted by atomic mass is 79.9. The number of ether oxygens (including phenoxy) is 2. The minimum absolute atomic E-state index is 0.0163. The van der Waals surface area contributed by atoms with Crippen molar-refractivity contribution < 1.29 is 13.9 Å². The van der Waals surface area contributed by atoms with Gasteiger partial charge in [-0.25, -0.2) is 4.39 Å². The second kappa shape index (κ2) is 8.14. The Labute approximate surface area is 147 Å². The maximum atomic E-state index is 13.2. The maximum absolute atomic E-state index is 13.2. The first-order chi connectivity index (χ1) is 11.6. The molecule has 2 rings (SSSR count). The van der Waals surface area contributed by atoms with E-state index in [1.165, 1.54) is 25.3 Å². The Bertz CT molecular complexity index is 850. The SMILES string of the molecule is COc1cc(C=C(C#N)C#N)cc(Br)c1OCc1cccc(F)c1. The van der Waals surface area contributed by atoms with Crippen molar-refractivity contribution >= 4 is 22.0 Å². The smallest absolute Gasteiger partial charge is 0.175 e. The van der Waals surface area contributed by atoms with Crippen molar-refractivity contribution in [3.63, 3.8) is 0 Å². The van der Waals surface area contributed by atoms with Crippen LogP contribution in [-0.2, 0) is 6.61 Å². The van der Waals surface area contributed by atoms with Crippen LogP contribution in [0.15, 0.2) is 46.4 Å². The van der Waals surface area contributed by atoms with E-state index >= 15 is 0 Å². The molecule has 0 heterocycles. The van der Waals surface area contributed by atoms with E-state index in [0.717, 1.165) is 0 Å². The van der Waals surface area contributed by atoms with Crippen molar-refractivity contribution in [3.8, 4) is 23.6 Å². The summed E-state index contributed by atoms with van der Waals surface area (Å²) in [5.41, 5.74) is 1.29. The van der Waals surface area contributed by atoms with Gasteiger partial charge in [-0.15, -0.1) is 0 Å². The molecule has 0 saturated carbocycles. The Hall–Kier alpha value is -2.83. The number of halogens is 2. The van der Waals surface area contributed by atoms with Gasteiger partial charge in [0.2, 0.25) is 0 Å². The van der Waals surface area contributed by atoms with Gasteiger partial charge in [0.15, 0.2) is 11.5 Å². The van der Waals surface area contributed by atoms with E-state index in [-0.39, 0.29) is 18.0 Å². The fraction of sp³-hybridized carbons (Fsp3) is 0.111. The summed E-state index contributed by atoms with van der Waals surface area (Å²) in [7, 11) is 1.49. The van der Waals surface area contributed by atoms with E-state index in [1.54, 1.807) is 36.4 Å². The Kier molecular flexibility index (Phi) is 5.95. The van der Waals surface area contributed by atoms with E-state index in [2.05, 4.69) is 15.9 Å². The minimum atomic E-state index is -0.330. The molecule has 6 heteroatoms. The Morgan fingerprint density at radius 3 is 2.62 bits per heavy atom. The lowest BCUT2D eigenvalue weighted by atomic mass is 10.1. The number of nitrogens with zero attached hydrogens (tertiary/aromatic N) is 2. The molecule has 2 aromatic carbocycles. The van der Waals surface area contributed by atoms with Gasteiger partial charge in [-0.05, 0) is 57.4 Å². The van der Waals surface area contributed by atoms with Gasteiger partial charge in [0.25, 0.3) is 0 Å². The van der Waals surface area contributed by atoms with Gasteiger partial charge >= 0.3 is 0 Å². The fourth-order valence-electron chi connectivity index (χ4n) is 2.00. The van der Waals surface area contributed by atoms with Crippen LogP contribution in [-0.4, -0.2) is 7.11 Å². The molecule has 0 N–H and O–H groups in total. The van der Waals surface area contributed by atoms with Crippen molar-refractivity contribution in [2.45, 2.75) is 6.61 Å². The zero-order chi connectivity index (χ0) is 17.5. The Morgan fingerprint density at radius 1 is 1.25 bits per heavy atom. The third-order valence-corrected chi connectivity index (χ3v) is 3.66. The zero-order valence-corrected chi connectivity index (χ0v) is 14.3. The highest BCUT2D eigenvalue weighted by Crippen LogP contribution is 2.37. The molecule has 2 aromatic rings. The van der Waals surface area contributed by atoms with E-state index < -0.39 is 0 Å². The molecule has 0 aliphatic rings. The second-order valence-corrected chi connectivity index (χ2v) is 5.59. The topological polar surface area (TPSA) is 66.0 Å². The van der Waals surface area contributed by atoms with Gasteiger partial charge < -0.3 is 9.47 Å². The maximum Gasteiger partial charge on any atom is 0.175 e. The van der Waals surface area contributed by atoms with Gasteiger partial charge in [0, 0.05) is 0 Å². The molecular formula is C18H12BrFN2O2. The summed E-state index contributed by atoms with van der Waals surface area (Å²) in [5, 5.41) is 17.7. The van der Waals surface area contributed by atoms with Gasteiger partial charge in [-0.1, -0.05) is 12.1 Å². The lowest BCUT2D eigenvalue weighted by Gasteiger charge is -2.13. The number of rotatable bonds is 5. The number of nitriles is 2. The number of benzene rings is 2. The van der Waals surface area contributed by atoms with E-state index in [0.29, 0.717) is 27.1 Å². The monoisotopic (exact) mass is 386 g/mol. The summed E-state index contributed by atoms with van der Waals surface area (Å²) < 4.78 is 24.8. The lowest BCUT2D eigenvalue weighted by Crippen LogP contribution is -1.99. The largest absolute Gasteiger partial charge is 0.493 e. The molecule has 0 fully saturated rings. The molecule has 0 saturated heterocycles. The number of methoxy groups -OCH3 is 1. The number of hydrogen-bond acceptors (Lipinski definition) is 4. The molecule has 4 nitrogen and oxygen atoms in total. The average Bonchev–Trinajstić information content (AvgIpc) is 2.58. The molecular weight excluding hydrogens is 375 g/mol. The van der Waals surface area contributed by atoms with Gasteiger partial charge in [-0.3, -0.25) is 0 Å². The standard InChI is InChI=1S/C18H12BrFN2O2/c1-23-17-8-13(5-14(9-21)10-22)7-16(19)18(17)24-11-12-3-2-4-15(20)6-12/h2-8H,11H2,1H3. The highest BCUT2D eigenvalue weighted by Gasteiger charge is 2.12. The molecule has 0 aliphatic carbocycles. The second-order valence-electron chi connectivity index (χ2n) is 4.73. The Balaban J connectivity index is 2.29. The molecule has 0 bridgehead atoms. The minimum Gasteiger partial charge on any atom is -0.493 e. The fourth-order valence-corrected chi connectivity index (χ4v) is 2.58. The molecule has 0 spiro atoms. The van der Waals surface area contributed by atoms with Crippen molar-refractivity contribution in [1.29, 1.82) is 10.5 Å². The third-order valence-electron chi connectivity index (χ3n) is 3.08. The van der Waals surface area contributed by atoms with Crippen LogP contribution in [0.5, 0.6) is 11.5 Å². The highest BCUT2D eigenvalue weighted by molar-refractivity contribution is 9.10. The van der Waals surface area contributed by atoms with E-state index in [9.17, 15) is 4.39 Å². The third kappa shape index (κ3) is 4.34. The van der Waals surface area contributed by atoms with Gasteiger partial charge in [0.05, 0.1) is 11.6 Å². The van der Waals surface area contributed by atoms with Crippen LogP contribution in [0.1, 0.15) is 11.1 Å². The molecule has 0 aliphatic heterocycles. The average molecular weight is 387 g/mol. The van der Waals surface area contributed by atoms with Crippen LogP contribution in [0.4, 0.5) is 4.39 Å². The summed E-state index contributed by atoms with van der Waals surface area (Å²) in [6.45, 7) is 0.170. The summed E-state index contributed by atoms with van der Waals surface area (Å²) in [5.74, 6) is 0.555. The number of hydrogen-bond donors (Lipinski definition) is 0. The van der Waals surface area contributed by atoms with Crippen molar-refractivity contribution in [1.82, 2.24) is 0 Å². The first kappa shape index (κ1) is 17.5. The molecule has 0 aromatic heterocycles. The van der Waals surface area contributed by atoms with E-state index in [4.69, 9.17) is 20.0 Å². The van der Waals surface area contributed by atoms with Crippen molar-refractivity contribution in [2.24, 2.45) is 0 Å². The van der Waals surface area contributed by atoms with Crippen LogP contribution in [0.2, 0.25) is 0 Å². The molecule has 24 heavy (non-hydrogen) atoms. The van der Waals surface area contributed by atoms with Gasteiger partial charge in [0.1, 0.15) is 30.1 Å². The summed E-state index contributed by atoms with van der Waals surface area (Å²) in [6.07, 6.45) is 1.45. The predicted molar refractivity (Wildman–Crippen MR) is 90.6 cm³/mol. The van der Waals surface area contributed by atoms with E-state index in [1.807, 2.05) is 0 Å². The van der Waals surface area contributed by atoms with Crippen LogP contribution < -0.4 is 9.47 Å². The zero-order valence-electron chi connectivity index (χ0n) is 12.7. The Morgan fingerprint density at radius 2 is 2.00 bits per heavy atom. The summed E-state index contributed by atoms with van der Waals surface area (Å²) >= 11 is 3.39. The first-order valence-electron chi connectivity index (χ1n) is 6.84. The van der Waals surface area contributed by atoms with Crippen LogP contribution in [0, 0.1) is 28.5 Å². The van der Waals surface area contributed by atoms with Crippen molar-refractivity contribution in [3.05, 3.63) is 63.4 Å². The van der Waals surface area contributed by atoms with Crippen molar-refractivity contribution in [2.75, 3.05) is 7.11 Å². The molecule has 0 amide bonds.